The molecule has 2 aliphatic rings. The van der Waals surface area contributed by atoms with E-state index in [4.69, 9.17) is 33.2 Å². The van der Waals surface area contributed by atoms with Crippen LogP contribution in [0.2, 0.25) is 0 Å². The Bertz CT molecular complexity index is 703. The summed E-state index contributed by atoms with van der Waals surface area (Å²) in [6.45, 7) is 6.74. The van der Waals surface area contributed by atoms with Crippen LogP contribution in [-0.4, -0.2) is 55.4 Å². The molecule has 0 N–H and O–H groups in total. The first-order valence-corrected chi connectivity index (χ1v) is 9.45. The van der Waals surface area contributed by atoms with Crippen molar-refractivity contribution in [1.82, 2.24) is 0 Å². The molecular formula is C20H26O9. The van der Waals surface area contributed by atoms with Crippen molar-refractivity contribution in [2.75, 3.05) is 6.61 Å². The minimum absolute atomic E-state index is 0.0809. The summed E-state index contributed by atoms with van der Waals surface area (Å²) in [5, 5.41) is 0. The molecule has 1 aromatic rings. The number of carbonyl (C=O) groups is 2. The van der Waals surface area contributed by atoms with Crippen LogP contribution in [0.4, 0.5) is 9.59 Å². The predicted molar refractivity (Wildman–Crippen MR) is 97.8 cm³/mol. The van der Waals surface area contributed by atoms with Gasteiger partial charge in [0.2, 0.25) is 0 Å². The Kier molecular flexibility index (Phi) is 6.61. The molecule has 0 aromatic heterocycles. The summed E-state index contributed by atoms with van der Waals surface area (Å²) < 4.78 is 37.8. The van der Waals surface area contributed by atoms with Crippen LogP contribution in [-0.2, 0) is 39.8 Å². The fourth-order valence-corrected chi connectivity index (χ4v) is 3.06. The zero-order chi connectivity index (χ0) is 21.0. The third-order valence-electron chi connectivity index (χ3n) is 4.22. The number of hydrogen-bond acceptors (Lipinski definition) is 9. The molecule has 29 heavy (non-hydrogen) atoms. The molecule has 2 fully saturated rings. The summed E-state index contributed by atoms with van der Waals surface area (Å²) in [6.07, 6.45) is -5.14. The number of fused-ring (bicyclic) bond motifs is 1. The van der Waals surface area contributed by atoms with Gasteiger partial charge in [-0.15, -0.1) is 0 Å². The quantitative estimate of drug-likeness (QED) is 0.655. The molecule has 0 bridgehead atoms. The summed E-state index contributed by atoms with van der Waals surface area (Å²) >= 11 is 0. The Morgan fingerprint density at radius 2 is 1.79 bits per heavy atom. The minimum atomic E-state index is -0.890. The van der Waals surface area contributed by atoms with Gasteiger partial charge in [0.15, 0.2) is 24.3 Å². The first-order valence-electron chi connectivity index (χ1n) is 9.45. The lowest BCUT2D eigenvalue weighted by Gasteiger charge is -2.25. The number of ether oxygens (including phenoxy) is 7. The highest BCUT2D eigenvalue weighted by atomic mass is 16.9. The zero-order valence-electron chi connectivity index (χ0n) is 16.9. The fraction of sp³-hybridized carbons (Fsp3) is 0.600. The van der Waals surface area contributed by atoms with Crippen molar-refractivity contribution >= 4 is 12.3 Å². The second kappa shape index (κ2) is 8.98. The van der Waals surface area contributed by atoms with Crippen LogP contribution in [0.3, 0.4) is 0 Å². The third kappa shape index (κ3) is 5.81. The van der Waals surface area contributed by atoms with Gasteiger partial charge in [0.05, 0.1) is 6.10 Å². The highest BCUT2D eigenvalue weighted by Gasteiger charge is 2.57. The molecule has 1 unspecified atom stereocenters. The van der Waals surface area contributed by atoms with E-state index < -0.39 is 42.7 Å². The lowest BCUT2D eigenvalue weighted by atomic mass is 10.1. The van der Waals surface area contributed by atoms with Gasteiger partial charge in [-0.25, -0.2) is 9.59 Å². The van der Waals surface area contributed by atoms with Crippen molar-refractivity contribution in [3.05, 3.63) is 35.9 Å². The van der Waals surface area contributed by atoms with Gasteiger partial charge in [-0.2, -0.15) is 0 Å². The van der Waals surface area contributed by atoms with Crippen LogP contribution < -0.4 is 0 Å². The Morgan fingerprint density at radius 3 is 2.48 bits per heavy atom. The molecule has 2 saturated heterocycles. The van der Waals surface area contributed by atoms with Gasteiger partial charge in [0, 0.05) is 0 Å². The van der Waals surface area contributed by atoms with E-state index in [-0.39, 0.29) is 19.3 Å². The molecular weight excluding hydrogens is 384 g/mol. The van der Waals surface area contributed by atoms with Crippen LogP contribution in [0.5, 0.6) is 0 Å². The summed E-state index contributed by atoms with van der Waals surface area (Å²) in [7, 11) is 0. The summed E-state index contributed by atoms with van der Waals surface area (Å²) in [6, 6.07) is 9.21. The molecule has 0 aliphatic carbocycles. The second-order valence-electron chi connectivity index (χ2n) is 7.48. The molecule has 0 amide bonds. The average molecular weight is 410 g/mol. The van der Waals surface area contributed by atoms with Crippen LogP contribution in [0.1, 0.15) is 33.3 Å². The van der Waals surface area contributed by atoms with E-state index in [1.54, 1.807) is 27.7 Å². The van der Waals surface area contributed by atoms with Gasteiger partial charge < -0.3 is 33.2 Å². The predicted octanol–water partition coefficient (Wildman–Crippen LogP) is 3.15. The lowest BCUT2D eigenvalue weighted by molar-refractivity contribution is -0.220. The standard InChI is InChI=1S/C20H26O9/c1-12(2)25-19(22)27-15-14(26-17-16(15)28-20(3,4)29-17)11-24-18(21)23-10-13-8-6-5-7-9-13/h5-9,12,14-17H,10-11H2,1-4H3/t14-,15+,16-,17?/m1/s1. The van der Waals surface area contributed by atoms with Crippen LogP contribution >= 0.6 is 0 Å². The molecule has 3 rings (SSSR count). The van der Waals surface area contributed by atoms with E-state index in [2.05, 4.69) is 0 Å². The maximum absolute atomic E-state index is 12.0. The molecule has 4 atom stereocenters. The monoisotopic (exact) mass is 410 g/mol. The van der Waals surface area contributed by atoms with E-state index in [9.17, 15) is 9.59 Å². The van der Waals surface area contributed by atoms with E-state index in [1.165, 1.54) is 0 Å². The highest BCUT2D eigenvalue weighted by Crippen LogP contribution is 2.39. The molecule has 1 aromatic carbocycles. The normalized spacial score (nSPS) is 27.3. The van der Waals surface area contributed by atoms with Crippen LogP contribution in [0.25, 0.3) is 0 Å². The van der Waals surface area contributed by atoms with Gasteiger partial charge in [-0.1, -0.05) is 30.3 Å². The molecule has 9 nitrogen and oxygen atoms in total. The second-order valence-corrected chi connectivity index (χ2v) is 7.48. The molecule has 2 aliphatic heterocycles. The van der Waals surface area contributed by atoms with Crippen molar-refractivity contribution in [1.29, 1.82) is 0 Å². The summed E-state index contributed by atoms with van der Waals surface area (Å²) in [4.78, 5) is 23.9. The highest BCUT2D eigenvalue weighted by molar-refractivity contribution is 5.61. The first-order chi connectivity index (χ1) is 13.7. The largest absolute Gasteiger partial charge is 0.508 e. The van der Waals surface area contributed by atoms with E-state index in [0.29, 0.717) is 0 Å². The lowest BCUT2D eigenvalue weighted by Crippen LogP contribution is -2.41. The number of rotatable bonds is 6. The van der Waals surface area contributed by atoms with Crippen molar-refractivity contribution in [3.63, 3.8) is 0 Å². The van der Waals surface area contributed by atoms with Crippen LogP contribution in [0, 0.1) is 0 Å². The Morgan fingerprint density at radius 1 is 1.07 bits per heavy atom. The van der Waals surface area contributed by atoms with E-state index in [0.717, 1.165) is 5.56 Å². The Balaban J connectivity index is 1.55. The third-order valence-corrected chi connectivity index (χ3v) is 4.22. The Labute approximate surface area is 169 Å². The summed E-state index contributed by atoms with van der Waals surface area (Å²) in [5.41, 5.74) is 0.831. The van der Waals surface area contributed by atoms with Crippen molar-refractivity contribution in [3.8, 4) is 0 Å². The van der Waals surface area contributed by atoms with Gasteiger partial charge in [-0.3, -0.25) is 0 Å². The van der Waals surface area contributed by atoms with Crippen LogP contribution in [0.15, 0.2) is 30.3 Å². The van der Waals surface area contributed by atoms with E-state index >= 15 is 0 Å². The molecule has 0 spiro atoms. The molecule has 2 heterocycles. The zero-order valence-corrected chi connectivity index (χ0v) is 16.9. The number of benzene rings is 1. The van der Waals surface area contributed by atoms with Crippen molar-refractivity contribution in [2.45, 2.75) is 70.8 Å². The van der Waals surface area contributed by atoms with Gasteiger partial charge in [0.25, 0.3) is 0 Å². The van der Waals surface area contributed by atoms with Gasteiger partial charge in [0.1, 0.15) is 19.3 Å². The number of carbonyl (C=O) groups excluding carboxylic acids is 2. The maximum atomic E-state index is 12.0. The first kappa shape index (κ1) is 21.4. The van der Waals surface area contributed by atoms with E-state index in [1.807, 2.05) is 30.3 Å². The van der Waals surface area contributed by atoms with Crippen molar-refractivity contribution in [2.24, 2.45) is 0 Å². The molecule has 0 radical (unpaired) electrons. The Hall–Kier alpha value is -2.36. The summed E-state index contributed by atoms with van der Waals surface area (Å²) in [5.74, 6) is -0.890. The number of hydrogen-bond donors (Lipinski definition) is 0. The fourth-order valence-electron chi connectivity index (χ4n) is 3.06. The molecule has 160 valence electrons. The minimum Gasteiger partial charge on any atom is -0.432 e. The average Bonchev–Trinajstić information content (AvgIpc) is 3.10. The topological polar surface area (TPSA) is 98.8 Å². The molecule has 0 saturated carbocycles. The SMILES string of the molecule is CC(C)OC(=O)O[C@H]1[C@@H](COC(=O)OCc2ccccc2)OC2OC(C)(C)O[C@@H]21. The molecule has 9 heteroatoms. The van der Waals surface area contributed by atoms with Gasteiger partial charge in [-0.05, 0) is 33.3 Å². The van der Waals surface area contributed by atoms with Gasteiger partial charge >= 0.3 is 12.3 Å². The maximum Gasteiger partial charge on any atom is 0.508 e. The smallest absolute Gasteiger partial charge is 0.432 e. The van der Waals surface area contributed by atoms with Crippen molar-refractivity contribution < 1.29 is 42.7 Å².